The summed E-state index contributed by atoms with van der Waals surface area (Å²) in [4.78, 5) is 24.2. The maximum atomic E-state index is 11.4. The first-order valence-electron chi connectivity index (χ1n) is 4.54. The van der Waals surface area contributed by atoms with Crippen LogP contribution >= 0.6 is 11.3 Å². The first kappa shape index (κ1) is 10.7. The van der Waals surface area contributed by atoms with Crippen LogP contribution in [0.1, 0.15) is 15.4 Å². The van der Waals surface area contributed by atoms with Gasteiger partial charge in [0, 0.05) is 12.4 Å². The Morgan fingerprint density at radius 1 is 1.44 bits per heavy atom. The van der Waals surface area contributed by atoms with E-state index in [-0.39, 0.29) is 5.97 Å². The van der Waals surface area contributed by atoms with Crippen molar-refractivity contribution in [3.05, 3.63) is 29.2 Å². The van der Waals surface area contributed by atoms with Gasteiger partial charge in [-0.2, -0.15) is 0 Å². The summed E-state index contributed by atoms with van der Waals surface area (Å²) in [7, 11) is 1.35. The molecule has 0 aliphatic rings. The highest BCUT2D eigenvalue weighted by atomic mass is 32.1. The van der Waals surface area contributed by atoms with E-state index < -0.39 is 0 Å². The molecule has 0 saturated heterocycles. The molecule has 0 unspecified atom stereocenters. The summed E-state index contributed by atoms with van der Waals surface area (Å²) < 4.78 is 4.66. The summed E-state index contributed by atoms with van der Waals surface area (Å²) in [6.45, 7) is 1.77. The molecule has 0 radical (unpaired) electrons. The molecular weight excluding hydrogens is 226 g/mol. The average molecular weight is 235 g/mol. The molecule has 2 rings (SSSR count). The third kappa shape index (κ3) is 1.92. The standard InChI is InChI=1S/C10H9N3O2S/c1-6-8(10(14)15-2)16-9(13-6)7-5-11-3-4-12-7/h3-5H,1-2H3. The quantitative estimate of drug-likeness (QED) is 0.741. The van der Waals surface area contributed by atoms with Crippen LogP contribution in [0.25, 0.3) is 10.7 Å². The molecule has 5 nitrogen and oxygen atoms in total. The highest BCUT2D eigenvalue weighted by Crippen LogP contribution is 2.26. The van der Waals surface area contributed by atoms with Crippen LogP contribution in [0.3, 0.4) is 0 Å². The van der Waals surface area contributed by atoms with Crippen molar-refractivity contribution in [3.63, 3.8) is 0 Å². The Kier molecular flexibility index (Phi) is 2.91. The van der Waals surface area contributed by atoms with Gasteiger partial charge in [0.25, 0.3) is 0 Å². The van der Waals surface area contributed by atoms with Crippen LogP contribution in [0, 0.1) is 6.92 Å². The predicted octanol–water partition coefficient (Wildman–Crippen LogP) is 1.70. The molecule has 0 aliphatic carbocycles. The molecule has 0 amide bonds. The molecule has 6 heteroatoms. The van der Waals surface area contributed by atoms with Crippen LogP contribution in [0.15, 0.2) is 18.6 Å². The number of thiazole rings is 1. The lowest BCUT2D eigenvalue weighted by Crippen LogP contribution is -1.99. The van der Waals surface area contributed by atoms with Gasteiger partial charge in [-0.25, -0.2) is 9.78 Å². The molecule has 16 heavy (non-hydrogen) atoms. The van der Waals surface area contributed by atoms with Crippen molar-refractivity contribution in [1.82, 2.24) is 15.0 Å². The Balaban J connectivity index is 2.42. The normalized spacial score (nSPS) is 10.1. The van der Waals surface area contributed by atoms with Crippen molar-refractivity contribution in [2.75, 3.05) is 7.11 Å². The summed E-state index contributed by atoms with van der Waals surface area (Å²) in [6, 6.07) is 0. The fourth-order valence-electron chi connectivity index (χ4n) is 1.20. The predicted molar refractivity (Wildman–Crippen MR) is 59.2 cm³/mol. The lowest BCUT2D eigenvalue weighted by molar-refractivity contribution is 0.0605. The van der Waals surface area contributed by atoms with Crippen molar-refractivity contribution in [1.29, 1.82) is 0 Å². The second kappa shape index (κ2) is 4.36. The molecular formula is C10H9N3O2S. The molecule has 2 aromatic rings. The Morgan fingerprint density at radius 2 is 2.25 bits per heavy atom. The molecule has 2 heterocycles. The first-order chi connectivity index (χ1) is 7.72. The molecule has 0 fully saturated rings. The van der Waals surface area contributed by atoms with Crippen LogP contribution in [0.4, 0.5) is 0 Å². The number of hydrogen-bond acceptors (Lipinski definition) is 6. The van der Waals surface area contributed by atoms with Crippen LogP contribution in [0.2, 0.25) is 0 Å². The molecule has 0 aliphatic heterocycles. The summed E-state index contributed by atoms with van der Waals surface area (Å²) in [6.07, 6.45) is 4.79. The zero-order valence-corrected chi connectivity index (χ0v) is 9.61. The lowest BCUT2D eigenvalue weighted by Gasteiger charge is -1.93. The van der Waals surface area contributed by atoms with Crippen molar-refractivity contribution in [2.24, 2.45) is 0 Å². The van der Waals surface area contributed by atoms with Gasteiger partial charge in [0.2, 0.25) is 0 Å². The fraction of sp³-hybridized carbons (Fsp3) is 0.200. The molecule has 2 aromatic heterocycles. The van der Waals surface area contributed by atoms with E-state index in [1.807, 2.05) is 0 Å². The third-order valence-electron chi connectivity index (χ3n) is 1.95. The van der Waals surface area contributed by atoms with Crippen molar-refractivity contribution >= 4 is 17.3 Å². The summed E-state index contributed by atoms with van der Waals surface area (Å²) >= 11 is 1.26. The maximum Gasteiger partial charge on any atom is 0.349 e. The number of esters is 1. The van der Waals surface area contributed by atoms with Gasteiger partial charge in [0.1, 0.15) is 15.6 Å². The number of aryl methyl sites for hydroxylation is 1. The third-order valence-corrected chi connectivity index (χ3v) is 3.11. The number of ether oxygens (including phenoxy) is 1. The summed E-state index contributed by atoms with van der Waals surface area (Å²) in [5, 5.41) is 0.672. The van der Waals surface area contributed by atoms with E-state index in [1.54, 1.807) is 25.5 Å². The van der Waals surface area contributed by atoms with Crippen molar-refractivity contribution < 1.29 is 9.53 Å². The van der Waals surface area contributed by atoms with Gasteiger partial charge in [-0.05, 0) is 6.92 Å². The minimum Gasteiger partial charge on any atom is -0.465 e. The summed E-state index contributed by atoms with van der Waals surface area (Å²) in [5.74, 6) is -0.370. The number of methoxy groups -OCH3 is 1. The Morgan fingerprint density at radius 3 is 2.88 bits per heavy atom. The van der Waals surface area contributed by atoms with E-state index >= 15 is 0 Å². The second-order valence-corrected chi connectivity index (χ2v) is 4.01. The van der Waals surface area contributed by atoms with Gasteiger partial charge in [-0.15, -0.1) is 11.3 Å². The SMILES string of the molecule is COC(=O)c1sc(-c2cnccn2)nc1C. The number of nitrogens with zero attached hydrogens (tertiary/aromatic N) is 3. The zero-order chi connectivity index (χ0) is 11.5. The average Bonchev–Trinajstić information content (AvgIpc) is 2.71. The number of carbonyl (C=O) groups excluding carboxylic acids is 1. The zero-order valence-electron chi connectivity index (χ0n) is 8.80. The summed E-state index contributed by atoms with van der Waals surface area (Å²) in [5.41, 5.74) is 1.31. The highest BCUT2D eigenvalue weighted by molar-refractivity contribution is 7.17. The van der Waals surface area contributed by atoms with Gasteiger partial charge in [-0.3, -0.25) is 9.97 Å². The first-order valence-corrected chi connectivity index (χ1v) is 5.36. The van der Waals surface area contributed by atoms with Crippen LogP contribution in [-0.4, -0.2) is 28.0 Å². The van der Waals surface area contributed by atoms with Crippen molar-refractivity contribution in [3.8, 4) is 10.7 Å². The Bertz CT molecular complexity index is 510. The van der Waals surface area contributed by atoms with E-state index in [0.29, 0.717) is 21.3 Å². The number of rotatable bonds is 2. The number of carbonyl (C=O) groups is 1. The molecule has 82 valence electrons. The fourth-order valence-corrected chi connectivity index (χ4v) is 2.14. The van der Waals surface area contributed by atoms with Gasteiger partial charge in [0.05, 0.1) is 19.0 Å². The lowest BCUT2D eigenvalue weighted by atomic mass is 10.4. The van der Waals surface area contributed by atoms with Gasteiger partial charge >= 0.3 is 5.97 Å². The van der Waals surface area contributed by atoms with E-state index in [2.05, 4.69) is 19.7 Å². The van der Waals surface area contributed by atoms with Crippen molar-refractivity contribution in [2.45, 2.75) is 6.92 Å². The highest BCUT2D eigenvalue weighted by Gasteiger charge is 2.16. The van der Waals surface area contributed by atoms with Crippen LogP contribution in [-0.2, 0) is 4.74 Å². The maximum absolute atomic E-state index is 11.4. The van der Waals surface area contributed by atoms with Crippen LogP contribution < -0.4 is 0 Å². The molecule has 0 spiro atoms. The van der Waals surface area contributed by atoms with E-state index in [1.165, 1.54) is 18.4 Å². The second-order valence-electron chi connectivity index (χ2n) is 3.02. The van der Waals surface area contributed by atoms with Gasteiger partial charge < -0.3 is 4.74 Å². The molecule has 0 N–H and O–H groups in total. The Hall–Kier alpha value is -1.82. The van der Waals surface area contributed by atoms with E-state index in [0.717, 1.165) is 0 Å². The minimum absolute atomic E-state index is 0.370. The smallest absolute Gasteiger partial charge is 0.349 e. The van der Waals surface area contributed by atoms with E-state index in [9.17, 15) is 4.79 Å². The van der Waals surface area contributed by atoms with Gasteiger partial charge in [-0.1, -0.05) is 0 Å². The molecule has 0 saturated carbocycles. The Labute approximate surface area is 96.2 Å². The number of hydrogen-bond donors (Lipinski definition) is 0. The van der Waals surface area contributed by atoms with E-state index in [4.69, 9.17) is 0 Å². The molecule has 0 bridgehead atoms. The largest absolute Gasteiger partial charge is 0.465 e. The monoisotopic (exact) mass is 235 g/mol. The van der Waals surface area contributed by atoms with Gasteiger partial charge in [0.15, 0.2) is 0 Å². The molecule has 0 aromatic carbocycles. The number of aromatic nitrogens is 3. The topological polar surface area (TPSA) is 65.0 Å². The van der Waals surface area contributed by atoms with Crippen LogP contribution in [0.5, 0.6) is 0 Å². The minimum atomic E-state index is -0.370. The molecule has 0 atom stereocenters.